The van der Waals surface area contributed by atoms with Gasteiger partial charge in [-0.15, -0.1) is 0 Å². The maximum atomic E-state index is 13.5. The van der Waals surface area contributed by atoms with Crippen LogP contribution in [0.1, 0.15) is 50.4 Å². The lowest BCUT2D eigenvalue weighted by Crippen LogP contribution is -2.43. The SMILES string of the molecule is CC12CCC(C(=O)Nc3cc(Cl)cc(Cl)c3)(C/C1=N/OC(=O)c1ccc(Cl)cc1)C2(C)C. The molecular formula is C24H23Cl3N2O3. The normalized spacial score (nSPS) is 26.9. The molecular weight excluding hydrogens is 471 g/mol. The van der Waals surface area contributed by atoms with Gasteiger partial charge in [0.1, 0.15) is 0 Å². The molecule has 0 spiro atoms. The highest BCUT2D eigenvalue weighted by Crippen LogP contribution is 2.71. The largest absolute Gasteiger partial charge is 0.365 e. The minimum absolute atomic E-state index is 0.112. The van der Waals surface area contributed by atoms with Gasteiger partial charge in [0.2, 0.25) is 5.91 Å². The first-order chi connectivity index (χ1) is 15.0. The molecule has 2 fully saturated rings. The summed E-state index contributed by atoms with van der Waals surface area (Å²) in [7, 11) is 0. The third-order valence-corrected chi connectivity index (χ3v) is 8.30. The number of fused-ring (bicyclic) bond motifs is 2. The highest BCUT2D eigenvalue weighted by molar-refractivity contribution is 6.35. The number of nitrogens with one attached hydrogen (secondary N) is 1. The molecule has 0 aliphatic heterocycles. The van der Waals surface area contributed by atoms with Gasteiger partial charge in [-0.3, -0.25) is 4.79 Å². The van der Waals surface area contributed by atoms with Gasteiger partial charge in [-0.1, -0.05) is 60.7 Å². The van der Waals surface area contributed by atoms with Crippen molar-refractivity contribution in [3.05, 3.63) is 63.1 Å². The summed E-state index contributed by atoms with van der Waals surface area (Å²) in [5, 5.41) is 8.66. The number of oxime groups is 1. The smallest absolute Gasteiger partial charge is 0.325 e. The third kappa shape index (κ3) is 3.60. The van der Waals surface area contributed by atoms with E-state index in [-0.39, 0.29) is 11.3 Å². The number of benzene rings is 2. The Balaban J connectivity index is 1.59. The third-order valence-electron chi connectivity index (χ3n) is 7.61. The molecule has 2 atom stereocenters. The van der Waals surface area contributed by atoms with Gasteiger partial charge in [0.05, 0.1) is 16.7 Å². The highest BCUT2D eigenvalue weighted by Gasteiger charge is 2.71. The number of hydrogen-bond acceptors (Lipinski definition) is 4. The van der Waals surface area contributed by atoms with Crippen LogP contribution in [-0.4, -0.2) is 17.6 Å². The van der Waals surface area contributed by atoms with E-state index in [4.69, 9.17) is 39.6 Å². The summed E-state index contributed by atoms with van der Waals surface area (Å²) in [5.74, 6) is -0.677. The van der Waals surface area contributed by atoms with Gasteiger partial charge in [-0.2, -0.15) is 0 Å². The number of carbonyl (C=O) groups is 2. The molecule has 32 heavy (non-hydrogen) atoms. The van der Waals surface area contributed by atoms with E-state index in [9.17, 15) is 9.59 Å². The number of halogens is 3. The van der Waals surface area contributed by atoms with E-state index in [1.54, 1.807) is 42.5 Å². The Morgan fingerprint density at radius 1 is 0.938 bits per heavy atom. The number of anilines is 1. The Labute approximate surface area is 202 Å². The van der Waals surface area contributed by atoms with Crippen molar-refractivity contribution in [1.29, 1.82) is 0 Å². The monoisotopic (exact) mass is 492 g/mol. The van der Waals surface area contributed by atoms with Crippen molar-refractivity contribution in [3.8, 4) is 0 Å². The molecule has 1 N–H and O–H groups in total. The summed E-state index contributed by atoms with van der Waals surface area (Å²) < 4.78 is 0. The van der Waals surface area contributed by atoms with Crippen molar-refractivity contribution in [1.82, 2.24) is 0 Å². The van der Waals surface area contributed by atoms with Gasteiger partial charge in [0.25, 0.3) is 0 Å². The molecule has 168 valence electrons. The van der Waals surface area contributed by atoms with E-state index in [2.05, 4.69) is 31.2 Å². The van der Waals surface area contributed by atoms with E-state index in [0.717, 1.165) is 12.1 Å². The summed E-state index contributed by atoms with van der Waals surface area (Å²) in [4.78, 5) is 31.2. The summed E-state index contributed by atoms with van der Waals surface area (Å²) in [5.41, 5.74) is 0.147. The maximum Gasteiger partial charge on any atom is 0.365 e. The Kier molecular flexibility index (Phi) is 5.81. The minimum atomic E-state index is -0.692. The molecule has 2 aromatic carbocycles. The molecule has 4 rings (SSSR count). The van der Waals surface area contributed by atoms with E-state index >= 15 is 0 Å². The zero-order valence-electron chi connectivity index (χ0n) is 18.0. The Morgan fingerprint density at radius 2 is 1.56 bits per heavy atom. The second-order valence-electron chi connectivity index (χ2n) is 9.25. The summed E-state index contributed by atoms with van der Waals surface area (Å²) in [6.45, 7) is 6.24. The van der Waals surface area contributed by atoms with Crippen LogP contribution < -0.4 is 5.32 Å². The molecule has 8 heteroatoms. The Hall–Kier alpha value is -2.08. The molecule has 0 saturated heterocycles. The fraction of sp³-hybridized carbons (Fsp3) is 0.375. The summed E-state index contributed by atoms with van der Waals surface area (Å²) in [6, 6.07) is 11.4. The average Bonchev–Trinajstić information content (AvgIpc) is 3.02. The second-order valence-corrected chi connectivity index (χ2v) is 10.6. The summed E-state index contributed by atoms with van der Waals surface area (Å²) in [6.07, 6.45) is 1.88. The van der Waals surface area contributed by atoms with Crippen molar-refractivity contribution in [3.63, 3.8) is 0 Å². The lowest BCUT2D eigenvalue weighted by molar-refractivity contribution is -0.130. The molecule has 5 nitrogen and oxygen atoms in total. The molecule has 2 saturated carbocycles. The van der Waals surface area contributed by atoms with Crippen molar-refractivity contribution in [2.24, 2.45) is 21.4 Å². The first-order valence-corrected chi connectivity index (χ1v) is 11.4. The lowest BCUT2D eigenvalue weighted by Gasteiger charge is -2.39. The molecule has 2 aliphatic carbocycles. The van der Waals surface area contributed by atoms with Gasteiger partial charge in [-0.05, 0) is 60.7 Å². The quantitative estimate of drug-likeness (QED) is 0.368. The molecule has 2 aromatic rings. The maximum absolute atomic E-state index is 13.5. The first kappa shape index (κ1) is 23.1. The predicted octanol–water partition coefficient (Wildman–Crippen LogP) is 7.01. The zero-order chi connectivity index (χ0) is 23.3. The molecule has 0 heterocycles. The van der Waals surface area contributed by atoms with Gasteiger partial charge in [0, 0.05) is 32.6 Å². The Morgan fingerprint density at radius 3 is 2.19 bits per heavy atom. The lowest BCUT2D eigenvalue weighted by atomic mass is 9.64. The summed E-state index contributed by atoms with van der Waals surface area (Å²) >= 11 is 18.1. The molecule has 0 radical (unpaired) electrons. The predicted molar refractivity (Wildman–Crippen MR) is 128 cm³/mol. The van der Waals surface area contributed by atoms with Crippen LogP contribution in [0.25, 0.3) is 0 Å². The van der Waals surface area contributed by atoms with Crippen LogP contribution in [0.4, 0.5) is 5.69 Å². The van der Waals surface area contributed by atoms with Crippen molar-refractivity contribution >= 4 is 58.1 Å². The molecule has 0 aromatic heterocycles. The van der Waals surface area contributed by atoms with Gasteiger partial charge >= 0.3 is 5.97 Å². The molecule has 2 aliphatic rings. The number of hydrogen-bond donors (Lipinski definition) is 1. The number of carbonyl (C=O) groups excluding carboxylic acids is 2. The average molecular weight is 494 g/mol. The van der Waals surface area contributed by atoms with Gasteiger partial charge in [-0.25, -0.2) is 4.79 Å². The van der Waals surface area contributed by atoms with Crippen LogP contribution in [0.15, 0.2) is 47.6 Å². The van der Waals surface area contributed by atoms with E-state index in [1.165, 1.54) is 0 Å². The second kappa shape index (κ2) is 8.05. The van der Waals surface area contributed by atoms with E-state index < -0.39 is 16.8 Å². The number of nitrogens with zero attached hydrogens (tertiary/aromatic N) is 1. The van der Waals surface area contributed by atoms with Crippen molar-refractivity contribution < 1.29 is 14.4 Å². The number of amides is 1. The van der Waals surface area contributed by atoms with Gasteiger partial charge < -0.3 is 10.2 Å². The van der Waals surface area contributed by atoms with Crippen LogP contribution in [0.5, 0.6) is 0 Å². The van der Waals surface area contributed by atoms with Crippen molar-refractivity contribution in [2.75, 3.05) is 5.32 Å². The van der Waals surface area contributed by atoms with Crippen LogP contribution in [0.2, 0.25) is 15.1 Å². The topological polar surface area (TPSA) is 67.8 Å². The molecule has 1 amide bonds. The van der Waals surface area contributed by atoms with Gasteiger partial charge in [0.15, 0.2) is 0 Å². The minimum Gasteiger partial charge on any atom is -0.325 e. The standard InChI is InChI=1S/C24H23Cl3N2O3/c1-22(2)23(3)8-9-24(22,21(31)28-18-11-16(26)10-17(27)12-18)13-19(23)29-32-20(30)14-4-6-15(25)7-5-14/h4-7,10-12H,8-9,13H2,1-3H3,(H,28,31)/b29-19-. The molecule has 2 unspecified atom stereocenters. The fourth-order valence-corrected chi connectivity index (χ4v) is 5.79. The highest BCUT2D eigenvalue weighted by atomic mass is 35.5. The van der Waals surface area contributed by atoms with E-state index in [1.807, 2.05) is 0 Å². The van der Waals surface area contributed by atoms with Crippen LogP contribution in [0, 0.1) is 16.2 Å². The zero-order valence-corrected chi connectivity index (χ0v) is 20.2. The van der Waals surface area contributed by atoms with E-state index in [0.29, 0.717) is 39.2 Å². The Bertz CT molecular complexity index is 1110. The van der Waals surface area contributed by atoms with Crippen molar-refractivity contribution in [2.45, 2.75) is 40.0 Å². The van der Waals surface area contributed by atoms with Crippen LogP contribution >= 0.6 is 34.8 Å². The van der Waals surface area contributed by atoms with Crippen LogP contribution in [0.3, 0.4) is 0 Å². The number of rotatable bonds is 4. The first-order valence-electron chi connectivity index (χ1n) is 10.3. The van der Waals surface area contributed by atoms with Crippen LogP contribution in [-0.2, 0) is 9.63 Å². The molecule has 2 bridgehead atoms. The fourth-order valence-electron chi connectivity index (χ4n) is 5.13.